The molecule has 0 spiro atoms. The van der Waals surface area contributed by atoms with Gasteiger partial charge >= 0.3 is 0 Å². The summed E-state index contributed by atoms with van der Waals surface area (Å²) in [6.45, 7) is 29.4. The summed E-state index contributed by atoms with van der Waals surface area (Å²) in [4.78, 5) is 52.3. The summed E-state index contributed by atoms with van der Waals surface area (Å²) in [7, 11) is 1.75. The minimum absolute atomic E-state index is 0.0833. The molecule has 1 saturated carbocycles. The molecule has 0 radical (unpaired) electrons. The van der Waals surface area contributed by atoms with Gasteiger partial charge in [-0.1, -0.05) is 120 Å². The summed E-state index contributed by atoms with van der Waals surface area (Å²) < 4.78 is 13.2. The molecule has 0 atom stereocenters. The molecular weight excluding hydrogens is 846 g/mol. The highest BCUT2D eigenvalue weighted by atomic mass is 32.1. The average Bonchev–Trinajstić information content (AvgIpc) is 3.97. The van der Waals surface area contributed by atoms with Crippen LogP contribution in [0.2, 0.25) is 0 Å². The van der Waals surface area contributed by atoms with Crippen molar-refractivity contribution >= 4 is 46.3 Å². The second-order valence-electron chi connectivity index (χ2n) is 22.2. The number of nitriles is 1. The van der Waals surface area contributed by atoms with E-state index in [4.69, 9.17) is 5.26 Å². The number of benzene rings is 2. The molecule has 1 aliphatic carbocycles. The SMILES string of the molecule is CC(C)(C)CCC(=O)NCCc1cccs1.CC(C)(C)CCC(=O)Nc1ccccc1F.CCN(C(=O)CCC(C)(C)C)C1CCCC1.CN(C(=O)CCC(C)(C)C)c1cccc(C#N)c1. The van der Waals surface area contributed by atoms with E-state index in [9.17, 15) is 23.6 Å². The number of anilines is 2. The third kappa shape index (κ3) is 28.5. The number of amides is 4. The molecular formula is C55H86FN5O4S. The van der Waals surface area contributed by atoms with Gasteiger partial charge in [-0.05, 0) is 115 Å². The number of nitrogens with zero attached hydrogens (tertiary/aromatic N) is 3. The summed E-state index contributed by atoms with van der Waals surface area (Å²) in [5.74, 6) is 0.0856. The van der Waals surface area contributed by atoms with Gasteiger partial charge in [0.15, 0.2) is 0 Å². The van der Waals surface area contributed by atoms with E-state index in [1.165, 1.54) is 36.6 Å². The van der Waals surface area contributed by atoms with Gasteiger partial charge in [0.1, 0.15) is 5.82 Å². The highest BCUT2D eigenvalue weighted by Crippen LogP contribution is 2.27. The smallest absolute Gasteiger partial charge is 0.226 e. The zero-order valence-corrected chi connectivity index (χ0v) is 44.1. The van der Waals surface area contributed by atoms with E-state index in [0.29, 0.717) is 43.2 Å². The molecule has 9 nitrogen and oxygen atoms in total. The number of carbonyl (C=O) groups is 4. The van der Waals surface area contributed by atoms with Gasteiger partial charge in [-0.15, -0.1) is 11.3 Å². The number of rotatable bonds is 15. The molecule has 0 saturated heterocycles. The van der Waals surface area contributed by atoms with Crippen LogP contribution in [0.25, 0.3) is 0 Å². The van der Waals surface area contributed by atoms with Gasteiger partial charge in [0.05, 0.1) is 17.3 Å². The molecule has 0 aliphatic heterocycles. The molecule has 11 heteroatoms. The number of para-hydroxylation sites is 1. The van der Waals surface area contributed by atoms with E-state index in [2.05, 4.69) is 123 Å². The van der Waals surface area contributed by atoms with E-state index < -0.39 is 5.82 Å². The summed E-state index contributed by atoms with van der Waals surface area (Å²) in [5.41, 5.74) is 2.38. The van der Waals surface area contributed by atoms with Gasteiger partial charge in [-0.25, -0.2) is 4.39 Å². The molecule has 0 bridgehead atoms. The van der Waals surface area contributed by atoms with Crippen molar-refractivity contribution in [2.75, 3.05) is 30.4 Å². The molecule has 2 aromatic carbocycles. The van der Waals surface area contributed by atoms with E-state index in [1.807, 2.05) is 12.1 Å². The summed E-state index contributed by atoms with van der Waals surface area (Å²) in [6.07, 6.45) is 11.8. The van der Waals surface area contributed by atoms with Crippen LogP contribution in [-0.4, -0.2) is 54.7 Å². The van der Waals surface area contributed by atoms with E-state index in [0.717, 1.165) is 50.9 Å². The number of carbonyl (C=O) groups excluding carboxylic acids is 4. The van der Waals surface area contributed by atoms with Gasteiger partial charge in [0.2, 0.25) is 23.6 Å². The maximum absolute atomic E-state index is 13.2. The quantitative estimate of drug-likeness (QED) is 0.157. The van der Waals surface area contributed by atoms with Crippen LogP contribution in [0.1, 0.15) is 177 Å². The zero-order valence-electron chi connectivity index (χ0n) is 43.3. The lowest BCUT2D eigenvalue weighted by Gasteiger charge is -2.29. The second-order valence-corrected chi connectivity index (χ2v) is 23.2. The van der Waals surface area contributed by atoms with Crippen molar-refractivity contribution in [2.45, 2.75) is 180 Å². The van der Waals surface area contributed by atoms with Gasteiger partial charge in [-0.2, -0.15) is 5.26 Å². The lowest BCUT2D eigenvalue weighted by molar-refractivity contribution is -0.133. The van der Waals surface area contributed by atoms with Crippen molar-refractivity contribution in [3.63, 3.8) is 0 Å². The molecule has 1 fully saturated rings. The van der Waals surface area contributed by atoms with Crippen LogP contribution in [0.4, 0.5) is 15.8 Å². The largest absolute Gasteiger partial charge is 0.356 e. The van der Waals surface area contributed by atoms with Crippen LogP contribution in [0.15, 0.2) is 66.0 Å². The predicted octanol–water partition coefficient (Wildman–Crippen LogP) is 13.8. The Morgan fingerprint density at radius 2 is 1.24 bits per heavy atom. The third-order valence-electron chi connectivity index (χ3n) is 11.0. The first-order chi connectivity index (χ1) is 30.6. The first kappa shape index (κ1) is 59.5. The Morgan fingerprint density at radius 3 is 1.74 bits per heavy atom. The lowest BCUT2D eigenvalue weighted by Crippen LogP contribution is -2.38. The minimum Gasteiger partial charge on any atom is -0.356 e. The highest BCUT2D eigenvalue weighted by molar-refractivity contribution is 7.09. The van der Waals surface area contributed by atoms with Crippen molar-refractivity contribution in [3.05, 3.63) is 82.3 Å². The fourth-order valence-corrected chi connectivity index (χ4v) is 7.39. The minimum atomic E-state index is -0.397. The molecule has 66 heavy (non-hydrogen) atoms. The molecule has 4 amide bonds. The number of nitrogens with one attached hydrogen (secondary N) is 2. The van der Waals surface area contributed by atoms with Crippen LogP contribution in [-0.2, 0) is 25.6 Å². The highest BCUT2D eigenvalue weighted by Gasteiger charge is 2.26. The maximum Gasteiger partial charge on any atom is 0.226 e. The van der Waals surface area contributed by atoms with Crippen LogP contribution >= 0.6 is 11.3 Å². The standard InChI is InChI=1S/C15H20N2O.C14H27NO.C13H18FNO.C13H21NOS/c1-15(2,3)9-8-14(18)17(4)13-7-5-6-12(10-13)11-16;1-5-15(12-8-6-7-9-12)13(16)10-11-14(2,3)4;1-13(2,3)9-8-12(16)15-11-7-5-4-6-10(11)14;1-13(2,3)8-6-12(15)14-9-7-11-5-4-10-16-11/h5-7,10H,8-9H2,1-4H3;12H,5-11H2,1-4H3;4-7H,8-9H2,1-3H3,(H,15,16);4-5,10H,6-9H2,1-3H3,(H,14,15). The molecule has 368 valence electrons. The van der Waals surface area contributed by atoms with Gasteiger partial charge in [-0.3, -0.25) is 19.2 Å². The first-order valence-corrected chi connectivity index (χ1v) is 24.9. The monoisotopic (exact) mass is 932 g/mol. The maximum atomic E-state index is 13.2. The third-order valence-corrected chi connectivity index (χ3v) is 11.9. The van der Waals surface area contributed by atoms with Crippen LogP contribution in [0.3, 0.4) is 0 Å². The lowest BCUT2D eigenvalue weighted by atomic mass is 9.90. The summed E-state index contributed by atoms with van der Waals surface area (Å²) in [6, 6.07) is 20.1. The Kier molecular flexibility index (Phi) is 26.4. The molecule has 1 heterocycles. The molecule has 1 aromatic heterocycles. The number of thiophene rings is 1. The number of hydrogen-bond acceptors (Lipinski definition) is 6. The fraction of sp³-hybridized carbons (Fsp3) is 0.618. The van der Waals surface area contributed by atoms with Crippen LogP contribution < -0.4 is 15.5 Å². The van der Waals surface area contributed by atoms with Crippen LogP contribution in [0, 0.1) is 38.8 Å². The number of halogens is 1. The molecule has 1 aliphatic rings. The Labute approximate surface area is 403 Å². The first-order valence-electron chi connectivity index (χ1n) is 24.0. The van der Waals surface area contributed by atoms with E-state index in [1.54, 1.807) is 59.7 Å². The van der Waals surface area contributed by atoms with Gasteiger partial charge in [0, 0.05) is 62.4 Å². The Morgan fingerprint density at radius 1 is 0.712 bits per heavy atom. The van der Waals surface area contributed by atoms with E-state index >= 15 is 0 Å². The topological polar surface area (TPSA) is 123 Å². The predicted molar refractivity (Wildman–Crippen MR) is 275 cm³/mol. The van der Waals surface area contributed by atoms with E-state index in [-0.39, 0.29) is 45.1 Å². The van der Waals surface area contributed by atoms with Gasteiger partial charge < -0.3 is 20.4 Å². The normalized spacial score (nSPS) is 12.8. The summed E-state index contributed by atoms with van der Waals surface area (Å²) in [5, 5.41) is 16.4. The Balaban J connectivity index is 0.000000441. The van der Waals surface area contributed by atoms with Crippen molar-refractivity contribution in [3.8, 4) is 6.07 Å². The van der Waals surface area contributed by atoms with Crippen LogP contribution in [0.5, 0.6) is 0 Å². The molecule has 0 unspecified atom stereocenters. The fourth-order valence-electron chi connectivity index (χ4n) is 6.68. The van der Waals surface area contributed by atoms with Crippen molar-refractivity contribution in [1.82, 2.24) is 10.2 Å². The Hall–Kier alpha value is -4.56. The Bertz CT molecular complexity index is 1920. The summed E-state index contributed by atoms with van der Waals surface area (Å²) >= 11 is 1.74. The molecule has 3 aromatic rings. The van der Waals surface area contributed by atoms with Crippen molar-refractivity contribution in [2.24, 2.45) is 21.7 Å². The van der Waals surface area contributed by atoms with Crippen molar-refractivity contribution in [1.29, 1.82) is 5.26 Å². The second kappa shape index (κ2) is 29.3. The van der Waals surface area contributed by atoms with Crippen molar-refractivity contribution < 1.29 is 23.6 Å². The van der Waals surface area contributed by atoms with Gasteiger partial charge in [0.25, 0.3) is 0 Å². The average molecular weight is 932 g/mol. The number of hydrogen-bond donors (Lipinski definition) is 2. The molecule has 4 rings (SSSR count). The zero-order chi connectivity index (χ0) is 50.1. The molecule has 2 N–H and O–H groups in total.